The highest BCUT2D eigenvalue weighted by Crippen LogP contribution is 2.10. The quantitative estimate of drug-likeness (QED) is 0.905. The van der Waals surface area contributed by atoms with Gasteiger partial charge < -0.3 is 9.88 Å². The molecule has 0 saturated carbocycles. The molecule has 5 heteroatoms. The highest BCUT2D eigenvalue weighted by molar-refractivity contribution is 7.09. The molecule has 0 atom stereocenters. The standard InChI is InChI=1S/C12H18N4S/c1-12(2,3)15-7-10-6-13-9-16(10)8-11-14-4-5-17-11/h4-6,9,15H,7-8H2,1-3H3. The molecule has 2 aromatic rings. The van der Waals surface area contributed by atoms with E-state index in [2.05, 4.69) is 40.6 Å². The summed E-state index contributed by atoms with van der Waals surface area (Å²) in [6.45, 7) is 8.12. The molecule has 0 saturated heterocycles. The fourth-order valence-electron chi connectivity index (χ4n) is 1.47. The molecule has 0 fully saturated rings. The van der Waals surface area contributed by atoms with Gasteiger partial charge in [0, 0.05) is 29.9 Å². The third-order valence-electron chi connectivity index (χ3n) is 2.39. The number of rotatable bonds is 4. The van der Waals surface area contributed by atoms with E-state index in [1.807, 2.05) is 24.1 Å². The number of nitrogens with one attached hydrogen (secondary N) is 1. The maximum absolute atomic E-state index is 4.29. The van der Waals surface area contributed by atoms with Gasteiger partial charge in [-0.25, -0.2) is 9.97 Å². The highest BCUT2D eigenvalue weighted by atomic mass is 32.1. The SMILES string of the molecule is CC(C)(C)NCc1cncn1Cc1nccs1. The average molecular weight is 250 g/mol. The Bertz CT molecular complexity index is 453. The van der Waals surface area contributed by atoms with E-state index in [4.69, 9.17) is 0 Å². The molecule has 0 aliphatic carbocycles. The molecule has 4 nitrogen and oxygen atoms in total. The second-order valence-corrected chi connectivity index (χ2v) is 6.02. The van der Waals surface area contributed by atoms with Crippen molar-refractivity contribution in [3.05, 3.63) is 34.8 Å². The van der Waals surface area contributed by atoms with Gasteiger partial charge in [0.1, 0.15) is 5.01 Å². The Morgan fingerprint density at radius 2 is 2.24 bits per heavy atom. The van der Waals surface area contributed by atoms with Gasteiger partial charge in [-0.15, -0.1) is 11.3 Å². The van der Waals surface area contributed by atoms with E-state index in [9.17, 15) is 0 Å². The molecule has 92 valence electrons. The summed E-state index contributed by atoms with van der Waals surface area (Å²) in [6, 6.07) is 0. The molecule has 2 aromatic heterocycles. The predicted molar refractivity (Wildman–Crippen MR) is 70.0 cm³/mol. The largest absolute Gasteiger partial charge is 0.326 e. The maximum Gasteiger partial charge on any atom is 0.112 e. The van der Waals surface area contributed by atoms with Crippen molar-refractivity contribution in [3.63, 3.8) is 0 Å². The zero-order valence-corrected chi connectivity index (χ0v) is 11.3. The summed E-state index contributed by atoms with van der Waals surface area (Å²) in [4.78, 5) is 8.49. The van der Waals surface area contributed by atoms with Crippen LogP contribution in [0.5, 0.6) is 0 Å². The zero-order chi connectivity index (χ0) is 12.3. The average Bonchev–Trinajstić information content (AvgIpc) is 2.86. The van der Waals surface area contributed by atoms with E-state index in [0.717, 1.165) is 18.1 Å². The van der Waals surface area contributed by atoms with E-state index in [1.54, 1.807) is 11.3 Å². The molecule has 0 aromatic carbocycles. The van der Waals surface area contributed by atoms with Crippen molar-refractivity contribution >= 4 is 11.3 Å². The number of aromatic nitrogens is 3. The summed E-state index contributed by atoms with van der Waals surface area (Å²) in [7, 11) is 0. The van der Waals surface area contributed by atoms with Gasteiger partial charge in [-0.05, 0) is 20.8 Å². The minimum atomic E-state index is 0.121. The summed E-state index contributed by atoms with van der Waals surface area (Å²) in [5.41, 5.74) is 1.31. The van der Waals surface area contributed by atoms with Crippen LogP contribution in [-0.2, 0) is 13.1 Å². The van der Waals surface area contributed by atoms with Crippen molar-refractivity contribution < 1.29 is 0 Å². The first kappa shape index (κ1) is 12.3. The lowest BCUT2D eigenvalue weighted by molar-refractivity contribution is 0.417. The molecule has 1 N–H and O–H groups in total. The lowest BCUT2D eigenvalue weighted by atomic mass is 10.1. The second kappa shape index (κ2) is 4.98. The molecular weight excluding hydrogens is 232 g/mol. The monoisotopic (exact) mass is 250 g/mol. The summed E-state index contributed by atoms with van der Waals surface area (Å²) in [6.07, 6.45) is 5.61. The number of hydrogen-bond donors (Lipinski definition) is 1. The third-order valence-corrected chi connectivity index (χ3v) is 3.15. The van der Waals surface area contributed by atoms with Gasteiger partial charge in [0.25, 0.3) is 0 Å². The molecule has 0 radical (unpaired) electrons. The Hall–Kier alpha value is -1.20. The molecule has 2 heterocycles. The van der Waals surface area contributed by atoms with E-state index in [-0.39, 0.29) is 5.54 Å². The number of nitrogens with zero attached hydrogens (tertiary/aromatic N) is 3. The van der Waals surface area contributed by atoms with Crippen molar-refractivity contribution in [1.82, 2.24) is 19.9 Å². The second-order valence-electron chi connectivity index (χ2n) is 5.04. The van der Waals surface area contributed by atoms with Crippen molar-refractivity contribution in [2.24, 2.45) is 0 Å². The van der Waals surface area contributed by atoms with Crippen LogP contribution in [0.4, 0.5) is 0 Å². The Kier molecular flexibility index (Phi) is 3.59. The molecule has 2 rings (SSSR count). The van der Waals surface area contributed by atoms with Gasteiger partial charge in [-0.2, -0.15) is 0 Å². The highest BCUT2D eigenvalue weighted by Gasteiger charge is 2.11. The Morgan fingerprint density at radius 1 is 1.41 bits per heavy atom. The van der Waals surface area contributed by atoms with Crippen LogP contribution in [0.2, 0.25) is 0 Å². The van der Waals surface area contributed by atoms with Crippen LogP contribution in [0.1, 0.15) is 31.5 Å². The lowest BCUT2D eigenvalue weighted by Crippen LogP contribution is -2.35. The van der Waals surface area contributed by atoms with Crippen LogP contribution in [0.15, 0.2) is 24.1 Å². The minimum absolute atomic E-state index is 0.121. The summed E-state index contributed by atoms with van der Waals surface area (Å²) in [5.74, 6) is 0. The predicted octanol–water partition coefficient (Wildman–Crippen LogP) is 2.28. The van der Waals surface area contributed by atoms with E-state index in [0.29, 0.717) is 0 Å². The van der Waals surface area contributed by atoms with Crippen molar-refractivity contribution in [1.29, 1.82) is 0 Å². The van der Waals surface area contributed by atoms with E-state index in [1.165, 1.54) is 5.69 Å². The van der Waals surface area contributed by atoms with E-state index < -0.39 is 0 Å². The number of thiazole rings is 1. The van der Waals surface area contributed by atoms with Gasteiger partial charge in [-0.1, -0.05) is 0 Å². The van der Waals surface area contributed by atoms with Crippen molar-refractivity contribution in [2.75, 3.05) is 0 Å². The fraction of sp³-hybridized carbons (Fsp3) is 0.500. The first-order valence-corrected chi connectivity index (χ1v) is 6.55. The van der Waals surface area contributed by atoms with Gasteiger partial charge in [0.2, 0.25) is 0 Å². The normalized spacial score (nSPS) is 11.9. The van der Waals surface area contributed by atoms with Crippen molar-refractivity contribution in [3.8, 4) is 0 Å². The van der Waals surface area contributed by atoms with Crippen LogP contribution in [0, 0.1) is 0 Å². The van der Waals surface area contributed by atoms with Crippen molar-refractivity contribution in [2.45, 2.75) is 39.4 Å². The van der Waals surface area contributed by atoms with Crippen LogP contribution < -0.4 is 5.32 Å². The molecule has 0 bridgehead atoms. The first-order valence-electron chi connectivity index (χ1n) is 5.67. The molecule has 0 aliphatic heterocycles. The molecule has 0 aliphatic rings. The van der Waals surface area contributed by atoms with Gasteiger partial charge in [0.15, 0.2) is 0 Å². The van der Waals surface area contributed by atoms with Crippen LogP contribution in [0.25, 0.3) is 0 Å². The first-order chi connectivity index (χ1) is 8.04. The zero-order valence-electron chi connectivity index (χ0n) is 10.5. The Labute approximate surface area is 106 Å². The number of hydrogen-bond acceptors (Lipinski definition) is 4. The van der Waals surface area contributed by atoms with Crippen LogP contribution in [-0.4, -0.2) is 20.1 Å². The van der Waals surface area contributed by atoms with Gasteiger partial charge >= 0.3 is 0 Å². The topological polar surface area (TPSA) is 42.7 Å². The fourth-order valence-corrected chi connectivity index (χ4v) is 2.08. The van der Waals surface area contributed by atoms with E-state index >= 15 is 0 Å². The summed E-state index contributed by atoms with van der Waals surface area (Å²) in [5, 5.41) is 6.58. The molecule has 0 spiro atoms. The summed E-state index contributed by atoms with van der Waals surface area (Å²) < 4.78 is 2.14. The number of imidazole rings is 1. The third kappa shape index (κ3) is 3.64. The van der Waals surface area contributed by atoms with Crippen LogP contribution >= 0.6 is 11.3 Å². The molecule has 0 unspecified atom stereocenters. The Morgan fingerprint density at radius 3 is 2.88 bits per heavy atom. The molecule has 0 amide bonds. The smallest absolute Gasteiger partial charge is 0.112 e. The minimum Gasteiger partial charge on any atom is -0.326 e. The van der Waals surface area contributed by atoms with Gasteiger partial charge in [-0.3, -0.25) is 0 Å². The van der Waals surface area contributed by atoms with Gasteiger partial charge in [0.05, 0.1) is 18.6 Å². The Balaban J connectivity index is 2.02. The lowest BCUT2D eigenvalue weighted by Gasteiger charge is -2.20. The molecular formula is C12H18N4S. The molecule has 17 heavy (non-hydrogen) atoms. The van der Waals surface area contributed by atoms with Crippen LogP contribution in [0.3, 0.4) is 0 Å². The summed E-state index contributed by atoms with van der Waals surface area (Å²) >= 11 is 1.67. The maximum atomic E-state index is 4.29.